The highest BCUT2D eigenvalue weighted by atomic mass is 32.2. The van der Waals surface area contributed by atoms with Gasteiger partial charge in [0.05, 0.1) is 4.90 Å². The number of carbonyl (C=O) groups excluding carboxylic acids is 1. The monoisotopic (exact) mass is 364 g/mol. The molecule has 1 saturated carbocycles. The van der Waals surface area contributed by atoms with Crippen molar-refractivity contribution < 1.29 is 13.2 Å². The first-order valence-electron chi connectivity index (χ1n) is 9.00. The Kier molecular flexibility index (Phi) is 4.71. The number of piperazine rings is 1. The molecule has 2 atom stereocenters. The lowest BCUT2D eigenvalue weighted by atomic mass is 9.87. The number of hydrogen-bond acceptors (Lipinski definition) is 3. The van der Waals surface area contributed by atoms with Crippen molar-refractivity contribution >= 4 is 15.9 Å². The predicted molar refractivity (Wildman–Crippen MR) is 97.8 cm³/mol. The molecule has 2 aliphatic rings. The van der Waals surface area contributed by atoms with Gasteiger partial charge in [0.2, 0.25) is 15.9 Å². The van der Waals surface area contributed by atoms with E-state index in [1.165, 1.54) is 4.31 Å². The second-order valence-corrected chi connectivity index (χ2v) is 10.3. The third-order valence-electron chi connectivity index (χ3n) is 5.34. The standard InChI is InChI=1S/C19H28N2O3S/c1-14-13-17(14)18(22)20-9-11-21(12-10-20)25(23,24)16-7-5-15(6-8-16)19(2,3)4/h5-8,14,17H,9-13H2,1-4H3/t14-,17+/m1/s1. The molecule has 3 rings (SSSR count). The molecular weight excluding hydrogens is 336 g/mol. The Morgan fingerprint density at radius 1 is 1.04 bits per heavy atom. The molecule has 6 heteroatoms. The van der Waals surface area contributed by atoms with Crippen molar-refractivity contribution in [1.29, 1.82) is 0 Å². The lowest BCUT2D eigenvalue weighted by Crippen LogP contribution is -2.51. The van der Waals surface area contributed by atoms with Gasteiger partial charge in [-0.05, 0) is 35.4 Å². The molecular formula is C19H28N2O3S. The molecule has 1 aliphatic carbocycles. The molecule has 0 aromatic heterocycles. The summed E-state index contributed by atoms with van der Waals surface area (Å²) < 4.78 is 27.2. The quantitative estimate of drug-likeness (QED) is 0.828. The zero-order chi connectivity index (χ0) is 18.4. The van der Waals surface area contributed by atoms with E-state index in [1.807, 2.05) is 17.0 Å². The SMILES string of the molecule is C[C@@H]1C[C@@H]1C(=O)N1CCN(S(=O)(=O)c2ccc(C(C)(C)C)cc2)CC1. The first-order valence-corrected chi connectivity index (χ1v) is 10.4. The summed E-state index contributed by atoms with van der Waals surface area (Å²) in [6.07, 6.45) is 0.970. The van der Waals surface area contributed by atoms with Gasteiger partial charge in [-0.1, -0.05) is 39.8 Å². The van der Waals surface area contributed by atoms with Gasteiger partial charge in [-0.3, -0.25) is 4.79 Å². The molecule has 0 radical (unpaired) electrons. The third-order valence-corrected chi connectivity index (χ3v) is 7.25. The van der Waals surface area contributed by atoms with Gasteiger partial charge in [-0.15, -0.1) is 0 Å². The van der Waals surface area contributed by atoms with E-state index in [1.54, 1.807) is 12.1 Å². The minimum atomic E-state index is -3.49. The lowest BCUT2D eigenvalue weighted by molar-refractivity contribution is -0.134. The number of sulfonamides is 1. The van der Waals surface area contributed by atoms with Crippen LogP contribution >= 0.6 is 0 Å². The normalized spacial score (nSPS) is 25.0. The van der Waals surface area contributed by atoms with Gasteiger partial charge in [-0.25, -0.2) is 8.42 Å². The molecule has 138 valence electrons. The Labute approximate surface area is 151 Å². The minimum absolute atomic E-state index is 0.00573. The topological polar surface area (TPSA) is 57.7 Å². The first-order chi connectivity index (χ1) is 11.6. The van der Waals surface area contributed by atoms with E-state index in [0.717, 1.165) is 12.0 Å². The van der Waals surface area contributed by atoms with E-state index in [9.17, 15) is 13.2 Å². The summed E-state index contributed by atoms with van der Waals surface area (Å²) in [6, 6.07) is 7.17. The molecule has 1 aliphatic heterocycles. The van der Waals surface area contributed by atoms with Crippen LogP contribution in [0.5, 0.6) is 0 Å². The van der Waals surface area contributed by atoms with Crippen molar-refractivity contribution in [2.24, 2.45) is 11.8 Å². The zero-order valence-electron chi connectivity index (χ0n) is 15.5. The highest BCUT2D eigenvalue weighted by Gasteiger charge is 2.42. The van der Waals surface area contributed by atoms with Crippen LogP contribution < -0.4 is 0 Å². The molecule has 1 amide bonds. The van der Waals surface area contributed by atoms with Crippen molar-refractivity contribution in [2.45, 2.75) is 44.4 Å². The molecule has 0 spiro atoms. The van der Waals surface area contributed by atoms with Crippen LogP contribution in [0.2, 0.25) is 0 Å². The minimum Gasteiger partial charge on any atom is -0.340 e. The van der Waals surface area contributed by atoms with Crippen LogP contribution in [0.4, 0.5) is 0 Å². The average molecular weight is 365 g/mol. The summed E-state index contributed by atoms with van der Waals surface area (Å²) in [6.45, 7) is 10.1. The Morgan fingerprint density at radius 2 is 1.56 bits per heavy atom. The fraction of sp³-hybridized carbons (Fsp3) is 0.632. The molecule has 1 aromatic carbocycles. The highest BCUT2D eigenvalue weighted by Crippen LogP contribution is 2.39. The van der Waals surface area contributed by atoms with Crippen molar-refractivity contribution in [3.8, 4) is 0 Å². The second kappa shape index (κ2) is 6.40. The maximum atomic E-state index is 12.8. The van der Waals surface area contributed by atoms with Gasteiger partial charge >= 0.3 is 0 Å². The van der Waals surface area contributed by atoms with Gasteiger partial charge in [0.15, 0.2) is 0 Å². The van der Waals surface area contributed by atoms with E-state index in [4.69, 9.17) is 0 Å². The summed E-state index contributed by atoms with van der Waals surface area (Å²) in [5.41, 5.74) is 1.11. The lowest BCUT2D eigenvalue weighted by Gasteiger charge is -2.34. The Morgan fingerprint density at radius 3 is 2.00 bits per heavy atom. The molecule has 0 bridgehead atoms. The van der Waals surface area contributed by atoms with E-state index in [2.05, 4.69) is 27.7 Å². The smallest absolute Gasteiger partial charge is 0.243 e. The Balaban J connectivity index is 1.66. The molecule has 25 heavy (non-hydrogen) atoms. The maximum Gasteiger partial charge on any atom is 0.243 e. The number of amides is 1. The van der Waals surface area contributed by atoms with Gasteiger partial charge in [-0.2, -0.15) is 4.31 Å². The van der Waals surface area contributed by atoms with E-state index in [-0.39, 0.29) is 17.2 Å². The van der Waals surface area contributed by atoms with Crippen LogP contribution in [0.3, 0.4) is 0 Å². The third kappa shape index (κ3) is 3.75. The number of rotatable bonds is 3. The number of carbonyl (C=O) groups is 1. The van der Waals surface area contributed by atoms with Gasteiger partial charge < -0.3 is 4.90 Å². The van der Waals surface area contributed by atoms with Gasteiger partial charge in [0, 0.05) is 32.1 Å². The predicted octanol–water partition coefficient (Wildman–Crippen LogP) is 2.47. The zero-order valence-corrected chi connectivity index (χ0v) is 16.3. The van der Waals surface area contributed by atoms with E-state index >= 15 is 0 Å². The maximum absolute atomic E-state index is 12.8. The summed E-state index contributed by atoms with van der Waals surface area (Å²) in [4.78, 5) is 14.4. The average Bonchev–Trinajstić information content (AvgIpc) is 3.30. The van der Waals surface area contributed by atoms with E-state index < -0.39 is 10.0 Å². The van der Waals surface area contributed by atoms with Gasteiger partial charge in [0.1, 0.15) is 0 Å². The van der Waals surface area contributed by atoms with Crippen LogP contribution in [0.1, 0.15) is 39.7 Å². The van der Waals surface area contributed by atoms with Crippen LogP contribution in [0.15, 0.2) is 29.2 Å². The van der Waals surface area contributed by atoms with Crippen LogP contribution in [-0.2, 0) is 20.2 Å². The van der Waals surface area contributed by atoms with Crippen molar-refractivity contribution in [1.82, 2.24) is 9.21 Å². The van der Waals surface area contributed by atoms with Crippen LogP contribution in [-0.4, -0.2) is 49.7 Å². The fourth-order valence-electron chi connectivity index (χ4n) is 3.33. The van der Waals surface area contributed by atoms with Gasteiger partial charge in [0.25, 0.3) is 0 Å². The summed E-state index contributed by atoms with van der Waals surface area (Å²) in [5.74, 6) is 0.836. The second-order valence-electron chi connectivity index (χ2n) is 8.32. The Hall–Kier alpha value is -1.40. The molecule has 1 aromatic rings. The number of hydrogen-bond donors (Lipinski definition) is 0. The molecule has 5 nitrogen and oxygen atoms in total. The van der Waals surface area contributed by atoms with Crippen LogP contribution in [0.25, 0.3) is 0 Å². The highest BCUT2D eigenvalue weighted by molar-refractivity contribution is 7.89. The molecule has 1 heterocycles. The molecule has 0 N–H and O–H groups in total. The van der Waals surface area contributed by atoms with Crippen LogP contribution in [0, 0.1) is 11.8 Å². The molecule has 0 unspecified atom stereocenters. The summed E-state index contributed by atoms with van der Waals surface area (Å²) in [7, 11) is -3.49. The summed E-state index contributed by atoms with van der Waals surface area (Å²) >= 11 is 0. The number of benzene rings is 1. The molecule has 1 saturated heterocycles. The van der Waals surface area contributed by atoms with Crippen molar-refractivity contribution in [2.75, 3.05) is 26.2 Å². The number of nitrogens with zero attached hydrogens (tertiary/aromatic N) is 2. The summed E-state index contributed by atoms with van der Waals surface area (Å²) in [5, 5.41) is 0. The Bertz CT molecular complexity index is 742. The van der Waals surface area contributed by atoms with Crippen molar-refractivity contribution in [3.63, 3.8) is 0 Å². The fourth-order valence-corrected chi connectivity index (χ4v) is 4.75. The molecule has 2 fully saturated rings. The van der Waals surface area contributed by atoms with E-state index in [0.29, 0.717) is 37.0 Å². The largest absolute Gasteiger partial charge is 0.340 e. The van der Waals surface area contributed by atoms with Crippen molar-refractivity contribution in [3.05, 3.63) is 29.8 Å². The first kappa shape index (κ1) is 18.4.